The first-order chi connectivity index (χ1) is 6.79. The summed E-state index contributed by atoms with van der Waals surface area (Å²) in [5, 5.41) is 13.6. The van der Waals surface area contributed by atoms with Crippen LogP contribution in [0.2, 0.25) is 0 Å². The van der Waals surface area contributed by atoms with E-state index >= 15 is 0 Å². The summed E-state index contributed by atoms with van der Waals surface area (Å²) >= 11 is 0. The van der Waals surface area contributed by atoms with E-state index < -0.39 is 6.10 Å². The molecule has 72 valence electrons. The average molecular weight is 189 g/mol. The summed E-state index contributed by atoms with van der Waals surface area (Å²) in [6.07, 6.45) is 4.59. The molecule has 0 aliphatic heterocycles. The van der Waals surface area contributed by atoms with Gasteiger partial charge in [-0.1, -0.05) is 0 Å². The van der Waals surface area contributed by atoms with Gasteiger partial charge in [0.05, 0.1) is 17.5 Å². The van der Waals surface area contributed by atoms with Gasteiger partial charge in [-0.15, -0.1) is 0 Å². The second-order valence-electron chi connectivity index (χ2n) is 3.03. The molecule has 0 saturated heterocycles. The summed E-state index contributed by atoms with van der Waals surface area (Å²) in [6, 6.07) is 5.53. The number of aromatic nitrogens is 3. The minimum Gasteiger partial charge on any atom is -0.387 e. The van der Waals surface area contributed by atoms with Gasteiger partial charge in [0.1, 0.15) is 0 Å². The summed E-state index contributed by atoms with van der Waals surface area (Å²) in [5.74, 6) is 0. The Morgan fingerprint density at radius 3 is 2.86 bits per heavy atom. The molecule has 1 unspecified atom stereocenters. The van der Waals surface area contributed by atoms with E-state index in [1.807, 2.05) is 24.4 Å². The van der Waals surface area contributed by atoms with Crippen molar-refractivity contribution in [3.05, 3.63) is 42.5 Å². The van der Waals surface area contributed by atoms with Crippen LogP contribution < -0.4 is 0 Å². The Kier molecular flexibility index (Phi) is 2.28. The third-order valence-electron chi connectivity index (χ3n) is 1.96. The minimum absolute atomic E-state index is 0.588. The maximum absolute atomic E-state index is 9.50. The van der Waals surface area contributed by atoms with E-state index in [4.69, 9.17) is 0 Å². The maximum atomic E-state index is 9.50. The Labute approximate surface area is 81.8 Å². The van der Waals surface area contributed by atoms with Crippen LogP contribution in [-0.4, -0.2) is 19.9 Å². The molecule has 2 rings (SSSR count). The van der Waals surface area contributed by atoms with Crippen molar-refractivity contribution in [3.63, 3.8) is 0 Å². The van der Waals surface area contributed by atoms with Gasteiger partial charge < -0.3 is 5.11 Å². The lowest BCUT2D eigenvalue weighted by molar-refractivity contribution is 0.194. The number of hydrogen-bond acceptors (Lipinski definition) is 3. The summed E-state index contributed by atoms with van der Waals surface area (Å²) in [5.41, 5.74) is 1.45. The highest BCUT2D eigenvalue weighted by Crippen LogP contribution is 2.17. The van der Waals surface area contributed by atoms with Crippen LogP contribution in [0.1, 0.15) is 18.7 Å². The van der Waals surface area contributed by atoms with Gasteiger partial charge in [0, 0.05) is 18.6 Å². The Morgan fingerprint density at radius 1 is 1.36 bits per heavy atom. The lowest BCUT2D eigenvalue weighted by Gasteiger charge is -2.09. The monoisotopic (exact) mass is 189 g/mol. The second-order valence-corrected chi connectivity index (χ2v) is 3.03. The molecule has 2 heterocycles. The SMILES string of the molecule is CC(O)c1ncccc1-n1cccn1. The van der Waals surface area contributed by atoms with Crippen molar-refractivity contribution >= 4 is 0 Å². The molecule has 2 aromatic rings. The Hall–Kier alpha value is -1.68. The Bertz CT molecular complexity index is 409. The molecule has 1 atom stereocenters. The quantitative estimate of drug-likeness (QED) is 0.775. The van der Waals surface area contributed by atoms with Crippen LogP contribution in [-0.2, 0) is 0 Å². The zero-order valence-corrected chi connectivity index (χ0v) is 7.83. The Balaban J connectivity index is 2.53. The normalized spacial score (nSPS) is 12.7. The average Bonchev–Trinajstić information content (AvgIpc) is 2.70. The molecule has 0 spiro atoms. The molecule has 0 aliphatic carbocycles. The van der Waals surface area contributed by atoms with Crippen molar-refractivity contribution in [3.8, 4) is 5.69 Å². The molecule has 0 saturated carbocycles. The van der Waals surface area contributed by atoms with Gasteiger partial charge >= 0.3 is 0 Å². The highest BCUT2D eigenvalue weighted by atomic mass is 16.3. The summed E-state index contributed by atoms with van der Waals surface area (Å²) in [6.45, 7) is 1.69. The first-order valence-corrected chi connectivity index (χ1v) is 4.42. The van der Waals surface area contributed by atoms with Crippen LogP contribution in [0.25, 0.3) is 5.69 Å². The molecule has 0 fully saturated rings. The van der Waals surface area contributed by atoms with E-state index in [1.54, 1.807) is 24.0 Å². The van der Waals surface area contributed by atoms with Crippen molar-refractivity contribution in [2.24, 2.45) is 0 Å². The number of hydrogen-bond donors (Lipinski definition) is 1. The predicted molar refractivity (Wildman–Crippen MR) is 52.0 cm³/mol. The lowest BCUT2D eigenvalue weighted by Crippen LogP contribution is -2.04. The molecule has 0 aliphatic rings. The first-order valence-electron chi connectivity index (χ1n) is 4.42. The van der Waals surface area contributed by atoms with Crippen LogP contribution in [0.5, 0.6) is 0 Å². The standard InChI is InChI=1S/C10H11N3O/c1-8(14)10-9(4-2-5-11-10)13-7-3-6-12-13/h2-8,14H,1H3. The van der Waals surface area contributed by atoms with Crippen molar-refractivity contribution in [2.45, 2.75) is 13.0 Å². The third kappa shape index (κ3) is 1.52. The van der Waals surface area contributed by atoms with E-state index in [-0.39, 0.29) is 0 Å². The second kappa shape index (κ2) is 3.59. The minimum atomic E-state index is -0.588. The van der Waals surface area contributed by atoms with Crippen molar-refractivity contribution in [1.29, 1.82) is 0 Å². The fraction of sp³-hybridized carbons (Fsp3) is 0.200. The van der Waals surface area contributed by atoms with E-state index in [9.17, 15) is 5.11 Å². The number of aliphatic hydroxyl groups excluding tert-OH is 1. The van der Waals surface area contributed by atoms with Crippen molar-refractivity contribution in [1.82, 2.24) is 14.8 Å². The zero-order chi connectivity index (χ0) is 9.97. The lowest BCUT2D eigenvalue weighted by atomic mass is 10.2. The van der Waals surface area contributed by atoms with E-state index in [1.165, 1.54) is 0 Å². The van der Waals surface area contributed by atoms with Gasteiger partial charge in [-0.25, -0.2) is 4.68 Å². The topological polar surface area (TPSA) is 50.9 Å². The highest BCUT2D eigenvalue weighted by molar-refractivity contribution is 5.36. The molecular formula is C10H11N3O. The summed E-state index contributed by atoms with van der Waals surface area (Å²) < 4.78 is 1.69. The first kappa shape index (κ1) is 8.90. The van der Waals surface area contributed by atoms with Crippen LogP contribution in [0, 0.1) is 0 Å². The molecule has 0 aromatic carbocycles. The largest absolute Gasteiger partial charge is 0.387 e. The van der Waals surface area contributed by atoms with E-state index in [0.717, 1.165) is 5.69 Å². The highest BCUT2D eigenvalue weighted by Gasteiger charge is 2.09. The van der Waals surface area contributed by atoms with Gasteiger partial charge in [0.15, 0.2) is 0 Å². The molecule has 0 bridgehead atoms. The Morgan fingerprint density at radius 2 is 2.21 bits per heavy atom. The predicted octanol–water partition coefficient (Wildman–Crippen LogP) is 1.32. The summed E-state index contributed by atoms with van der Waals surface area (Å²) in [7, 11) is 0. The van der Waals surface area contributed by atoms with Crippen molar-refractivity contribution < 1.29 is 5.11 Å². The van der Waals surface area contributed by atoms with Crippen LogP contribution in [0.15, 0.2) is 36.8 Å². The van der Waals surface area contributed by atoms with Gasteiger partial charge in [0.25, 0.3) is 0 Å². The van der Waals surface area contributed by atoms with E-state index in [0.29, 0.717) is 5.69 Å². The molecule has 1 N–H and O–H groups in total. The molecule has 0 radical (unpaired) electrons. The summed E-state index contributed by atoms with van der Waals surface area (Å²) in [4.78, 5) is 4.12. The van der Waals surface area contributed by atoms with Crippen LogP contribution in [0.4, 0.5) is 0 Å². The zero-order valence-electron chi connectivity index (χ0n) is 7.83. The molecular weight excluding hydrogens is 178 g/mol. The van der Waals surface area contributed by atoms with Gasteiger partial charge in [0.2, 0.25) is 0 Å². The number of nitrogens with zero attached hydrogens (tertiary/aromatic N) is 3. The number of rotatable bonds is 2. The van der Waals surface area contributed by atoms with Crippen molar-refractivity contribution in [2.75, 3.05) is 0 Å². The molecule has 4 heteroatoms. The van der Waals surface area contributed by atoms with Gasteiger partial charge in [-0.3, -0.25) is 4.98 Å². The fourth-order valence-electron chi connectivity index (χ4n) is 1.34. The maximum Gasteiger partial charge on any atom is 0.0953 e. The molecule has 14 heavy (non-hydrogen) atoms. The van der Waals surface area contributed by atoms with Gasteiger partial charge in [-0.2, -0.15) is 5.10 Å². The third-order valence-corrected chi connectivity index (χ3v) is 1.96. The smallest absolute Gasteiger partial charge is 0.0953 e. The van der Waals surface area contributed by atoms with E-state index in [2.05, 4.69) is 10.1 Å². The fourth-order valence-corrected chi connectivity index (χ4v) is 1.34. The van der Waals surface area contributed by atoms with Crippen LogP contribution >= 0.6 is 0 Å². The van der Waals surface area contributed by atoms with Crippen LogP contribution in [0.3, 0.4) is 0 Å². The molecule has 0 amide bonds. The van der Waals surface area contributed by atoms with Gasteiger partial charge in [-0.05, 0) is 25.1 Å². The number of pyridine rings is 1. The molecule has 2 aromatic heterocycles. The number of aliphatic hydroxyl groups is 1. The molecule has 4 nitrogen and oxygen atoms in total.